The maximum Gasteiger partial charge on any atom is 0.416 e. The molecule has 0 unspecified atom stereocenters. The van der Waals surface area contributed by atoms with E-state index in [2.05, 4.69) is 10.3 Å². The highest BCUT2D eigenvalue weighted by molar-refractivity contribution is 6.34. The predicted octanol–water partition coefficient (Wildman–Crippen LogP) is 4.03. The summed E-state index contributed by atoms with van der Waals surface area (Å²) in [7, 11) is 1.51. The molecule has 0 radical (unpaired) electrons. The van der Waals surface area contributed by atoms with Crippen LogP contribution in [0.15, 0.2) is 36.5 Å². The number of pyridine rings is 1. The van der Waals surface area contributed by atoms with Crippen LogP contribution in [0.25, 0.3) is 0 Å². The number of aromatic nitrogens is 1. The zero-order valence-corrected chi connectivity index (χ0v) is 13.8. The highest BCUT2D eigenvalue weighted by Gasteiger charge is 2.31. The van der Waals surface area contributed by atoms with Crippen LogP contribution in [0.4, 0.5) is 18.9 Å². The van der Waals surface area contributed by atoms with Gasteiger partial charge in [-0.3, -0.25) is 4.79 Å². The van der Waals surface area contributed by atoms with Crippen LogP contribution >= 0.6 is 11.6 Å². The van der Waals surface area contributed by atoms with E-state index in [-0.39, 0.29) is 28.8 Å². The van der Waals surface area contributed by atoms with Crippen molar-refractivity contribution in [3.05, 3.63) is 52.7 Å². The summed E-state index contributed by atoms with van der Waals surface area (Å²) in [6.45, 7) is 0.589. The van der Waals surface area contributed by atoms with Gasteiger partial charge in [0.15, 0.2) is 0 Å². The van der Waals surface area contributed by atoms with Crippen molar-refractivity contribution in [3.8, 4) is 5.88 Å². The minimum atomic E-state index is -4.54. The smallest absolute Gasteiger partial charge is 0.416 e. The number of hydrogen-bond donors (Lipinski definition) is 1. The minimum absolute atomic E-state index is 0.00743. The standard InChI is InChI=1S/C16H14ClF3N2O3/c1-24-6-7-25-14-8-10(4-5-21-14)15(23)22-13-9-11(16(18,19)20)2-3-12(13)17/h2-5,8-9H,6-7H2,1H3,(H,22,23). The number of hydrogen-bond acceptors (Lipinski definition) is 4. The minimum Gasteiger partial charge on any atom is -0.475 e. The van der Waals surface area contributed by atoms with E-state index in [1.54, 1.807) is 0 Å². The Morgan fingerprint density at radius 2 is 2.00 bits per heavy atom. The number of anilines is 1. The Balaban J connectivity index is 2.16. The molecule has 0 bridgehead atoms. The van der Waals surface area contributed by atoms with E-state index in [0.717, 1.165) is 18.2 Å². The number of nitrogens with one attached hydrogen (secondary N) is 1. The molecular formula is C16H14ClF3N2O3. The van der Waals surface area contributed by atoms with Crippen LogP contribution in [0.2, 0.25) is 5.02 Å². The predicted molar refractivity (Wildman–Crippen MR) is 86.0 cm³/mol. The molecule has 0 aliphatic carbocycles. The highest BCUT2D eigenvalue weighted by Crippen LogP contribution is 2.34. The Morgan fingerprint density at radius 1 is 1.24 bits per heavy atom. The number of nitrogens with zero attached hydrogens (tertiary/aromatic N) is 1. The molecule has 1 N–H and O–H groups in total. The van der Waals surface area contributed by atoms with Gasteiger partial charge < -0.3 is 14.8 Å². The number of benzene rings is 1. The van der Waals surface area contributed by atoms with Gasteiger partial charge in [0, 0.05) is 24.9 Å². The summed E-state index contributed by atoms with van der Waals surface area (Å²) >= 11 is 5.86. The molecule has 0 aliphatic rings. The summed E-state index contributed by atoms with van der Waals surface area (Å²) in [4.78, 5) is 16.2. The number of amides is 1. The molecule has 0 atom stereocenters. The normalized spacial score (nSPS) is 11.2. The van der Waals surface area contributed by atoms with E-state index in [1.807, 2.05) is 0 Å². The molecule has 1 amide bonds. The van der Waals surface area contributed by atoms with Gasteiger partial charge in [0.25, 0.3) is 5.91 Å². The Labute approximate surface area is 146 Å². The lowest BCUT2D eigenvalue weighted by molar-refractivity contribution is -0.137. The van der Waals surface area contributed by atoms with E-state index in [4.69, 9.17) is 21.1 Å². The van der Waals surface area contributed by atoms with Crippen molar-refractivity contribution in [1.29, 1.82) is 0 Å². The Morgan fingerprint density at radius 3 is 2.68 bits per heavy atom. The highest BCUT2D eigenvalue weighted by atomic mass is 35.5. The third kappa shape index (κ3) is 5.33. The quantitative estimate of drug-likeness (QED) is 0.775. The van der Waals surface area contributed by atoms with Crippen molar-refractivity contribution in [3.63, 3.8) is 0 Å². The molecule has 0 saturated heterocycles. The van der Waals surface area contributed by atoms with Crippen LogP contribution in [-0.2, 0) is 10.9 Å². The molecule has 0 aliphatic heterocycles. The molecule has 1 heterocycles. The van der Waals surface area contributed by atoms with Gasteiger partial charge in [0.1, 0.15) is 6.61 Å². The molecule has 2 rings (SSSR count). The Bertz CT molecular complexity index is 754. The van der Waals surface area contributed by atoms with Crippen LogP contribution in [-0.4, -0.2) is 31.2 Å². The lowest BCUT2D eigenvalue weighted by Gasteiger charge is -2.12. The summed E-state index contributed by atoms with van der Waals surface area (Å²) < 4.78 is 48.4. The lowest BCUT2D eigenvalue weighted by Crippen LogP contribution is -2.14. The first-order valence-corrected chi connectivity index (χ1v) is 7.45. The number of carbonyl (C=O) groups is 1. The zero-order valence-electron chi connectivity index (χ0n) is 13.1. The third-order valence-electron chi connectivity index (χ3n) is 3.08. The second kappa shape index (κ2) is 8.17. The first kappa shape index (κ1) is 19.0. The average molecular weight is 375 g/mol. The number of ether oxygens (including phenoxy) is 2. The van der Waals surface area contributed by atoms with Gasteiger partial charge in [0.05, 0.1) is 22.9 Å². The van der Waals surface area contributed by atoms with Crippen molar-refractivity contribution < 1.29 is 27.4 Å². The van der Waals surface area contributed by atoms with Gasteiger partial charge in [-0.15, -0.1) is 0 Å². The third-order valence-corrected chi connectivity index (χ3v) is 3.41. The molecule has 1 aromatic heterocycles. The van der Waals surface area contributed by atoms with Gasteiger partial charge in [-0.2, -0.15) is 13.2 Å². The van der Waals surface area contributed by atoms with Crippen LogP contribution in [0, 0.1) is 0 Å². The summed E-state index contributed by atoms with van der Waals surface area (Å²) in [5, 5.41) is 2.35. The van der Waals surface area contributed by atoms with Gasteiger partial charge in [-0.1, -0.05) is 11.6 Å². The van der Waals surface area contributed by atoms with E-state index >= 15 is 0 Å². The van der Waals surface area contributed by atoms with E-state index in [0.29, 0.717) is 6.61 Å². The second-order valence-electron chi connectivity index (χ2n) is 4.87. The molecule has 5 nitrogen and oxygen atoms in total. The van der Waals surface area contributed by atoms with Crippen molar-refractivity contribution in [2.24, 2.45) is 0 Å². The topological polar surface area (TPSA) is 60.5 Å². The van der Waals surface area contributed by atoms with Crippen LogP contribution < -0.4 is 10.1 Å². The first-order chi connectivity index (χ1) is 11.8. The lowest BCUT2D eigenvalue weighted by atomic mass is 10.2. The number of alkyl halides is 3. The Kier molecular flexibility index (Phi) is 6.22. The number of carbonyl (C=O) groups excluding carboxylic acids is 1. The van der Waals surface area contributed by atoms with Crippen molar-refractivity contribution in [2.45, 2.75) is 6.18 Å². The summed E-state index contributed by atoms with van der Waals surface area (Å²) in [6.07, 6.45) is -3.19. The zero-order chi connectivity index (χ0) is 18.4. The monoisotopic (exact) mass is 374 g/mol. The molecule has 25 heavy (non-hydrogen) atoms. The molecule has 9 heteroatoms. The first-order valence-electron chi connectivity index (χ1n) is 7.07. The van der Waals surface area contributed by atoms with Crippen LogP contribution in [0.3, 0.4) is 0 Å². The maximum atomic E-state index is 12.8. The van der Waals surface area contributed by atoms with Crippen molar-refractivity contribution in [1.82, 2.24) is 4.98 Å². The van der Waals surface area contributed by atoms with E-state index in [9.17, 15) is 18.0 Å². The average Bonchev–Trinajstić information content (AvgIpc) is 2.56. The number of rotatable bonds is 6. The van der Waals surface area contributed by atoms with Gasteiger partial charge in [-0.25, -0.2) is 4.98 Å². The number of methoxy groups -OCH3 is 1. The molecule has 0 fully saturated rings. The molecular weight excluding hydrogens is 361 g/mol. The SMILES string of the molecule is COCCOc1cc(C(=O)Nc2cc(C(F)(F)F)ccc2Cl)ccn1. The fourth-order valence-corrected chi connectivity index (χ4v) is 2.02. The summed E-state index contributed by atoms with van der Waals surface area (Å²) in [5.74, 6) is -0.444. The van der Waals surface area contributed by atoms with Crippen LogP contribution in [0.1, 0.15) is 15.9 Å². The van der Waals surface area contributed by atoms with Crippen molar-refractivity contribution in [2.75, 3.05) is 25.6 Å². The largest absolute Gasteiger partial charge is 0.475 e. The molecule has 0 saturated carbocycles. The van der Waals surface area contributed by atoms with Gasteiger partial charge in [-0.05, 0) is 24.3 Å². The Hall–Kier alpha value is -2.32. The van der Waals surface area contributed by atoms with Gasteiger partial charge in [0.2, 0.25) is 5.88 Å². The van der Waals surface area contributed by atoms with Crippen molar-refractivity contribution >= 4 is 23.2 Å². The fraction of sp³-hybridized carbons (Fsp3) is 0.250. The van der Waals surface area contributed by atoms with E-state index in [1.165, 1.54) is 25.4 Å². The maximum absolute atomic E-state index is 12.8. The van der Waals surface area contributed by atoms with Gasteiger partial charge >= 0.3 is 6.18 Å². The molecule has 2 aromatic rings. The number of halogens is 4. The summed E-state index contributed by atoms with van der Waals surface area (Å²) in [5.41, 5.74) is -0.887. The summed E-state index contributed by atoms with van der Waals surface area (Å²) in [6, 6.07) is 5.46. The van der Waals surface area contributed by atoms with Crippen LogP contribution in [0.5, 0.6) is 5.88 Å². The second-order valence-corrected chi connectivity index (χ2v) is 5.28. The van der Waals surface area contributed by atoms with E-state index < -0.39 is 17.6 Å². The fourth-order valence-electron chi connectivity index (χ4n) is 1.85. The molecule has 1 aromatic carbocycles. The molecule has 134 valence electrons. The molecule has 0 spiro atoms.